The minimum Gasteiger partial charge on any atom is -0.393 e. The summed E-state index contributed by atoms with van der Waals surface area (Å²) in [6.07, 6.45) is -2.19. The second-order valence-electron chi connectivity index (χ2n) is 5.23. The highest BCUT2D eigenvalue weighted by atomic mass is 19.4. The van der Waals surface area contributed by atoms with E-state index in [0.717, 1.165) is 0 Å². The SMILES string of the molecule is O=C(Nc1cc(C(F)(F)F)c[nH]c1=O)NC1CCC(O)CC1. The summed E-state index contributed by atoms with van der Waals surface area (Å²) >= 11 is 0. The number of aliphatic hydroxyl groups is 1. The number of amides is 2. The molecule has 0 bridgehead atoms. The molecule has 22 heavy (non-hydrogen) atoms. The summed E-state index contributed by atoms with van der Waals surface area (Å²) in [4.78, 5) is 25.2. The number of hydrogen-bond donors (Lipinski definition) is 4. The smallest absolute Gasteiger partial charge is 0.393 e. The maximum absolute atomic E-state index is 12.6. The van der Waals surface area contributed by atoms with Crippen molar-refractivity contribution in [3.63, 3.8) is 0 Å². The van der Waals surface area contributed by atoms with E-state index in [2.05, 4.69) is 10.6 Å². The molecular formula is C13H16F3N3O3. The number of carbonyl (C=O) groups excluding carboxylic acids is 1. The van der Waals surface area contributed by atoms with Crippen LogP contribution in [0.4, 0.5) is 23.7 Å². The molecule has 122 valence electrons. The normalized spacial score (nSPS) is 22.2. The van der Waals surface area contributed by atoms with Crippen molar-refractivity contribution in [2.24, 2.45) is 0 Å². The summed E-state index contributed by atoms with van der Waals surface area (Å²) in [5.74, 6) is 0. The maximum Gasteiger partial charge on any atom is 0.417 e. The number of anilines is 1. The quantitative estimate of drug-likeness (QED) is 0.670. The van der Waals surface area contributed by atoms with Gasteiger partial charge in [0.1, 0.15) is 5.69 Å². The van der Waals surface area contributed by atoms with Crippen molar-refractivity contribution in [3.8, 4) is 0 Å². The second-order valence-corrected chi connectivity index (χ2v) is 5.23. The van der Waals surface area contributed by atoms with Crippen molar-refractivity contribution >= 4 is 11.7 Å². The first-order chi connectivity index (χ1) is 10.3. The van der Waals surface area contributed by atoms with Crippen LogP contribution in [0.15, 0.2) is 17.1 Å². The summed E-state index contributed by atoms with van der Waals surface area (Å²) < 4.78 is 37.7. The Morgan fingerprint density at radius 2 is 1.91 bits per heavy atom. The lowest BCUT2D eigenvalue weighted by Crippen LogP contribution is -2.41. The largest absolute Gasteiger partial charge is 0.417 e. The van der Waals surface area contributed by atoms with Crippen LogP contribution in [0.1, 0.15) is 31.2 Å². The molecule has 0 spiro atoms. The first kappa shape index (κ1) is 16.3. The molecule has 1 aliphatic carbocycles. The number of pyridine rings is 1. The van der Waals surface area contributed by atoms with Gasteiger partial charge in [0.25, 0.3) is 5.56 Å². The number of aliphatic hydroxyl groups excluding tert-OH is 1. The van der Waals surface area contributed by atoms with Gasteiger partial charge < -0.3 is 20.7 Å². The zero-order chi connectivity index (χ0) is 16.3. The number of aromatic nitrogens is 1. The van der Waals surface area contributed by atoms with Crippen LogP contribution in [-0.2, 0) is 6.18 Å². The van der Waals surface area contributed by atoms with Crippen LogP contribution in [0.3, 0.4) is 0 Å². The summed E-state index contributed by atoms with van der Waals surface area (Å²) in [6, 6.07) is -0.331. The molecule has 0 radical (unpaired) electrons. The van der Waals surface area contributed by atoms with Crippen LogP contribution in [-0.4, -0.2) is 28.3 Å². The summed E-state index contributed by atoms with van der Waals surface area (Å²) in [7, 11) is 0. The Labute approximate surface area is 123 Å². The molecule has 1 aromatic heterocycles. The molecule has 9 heteroatoms. The number of urea groups is 1. The van der Waals surface area contributed by atoms with E-state index in [-0.39, 0.29) is 12.1 Å². The average Bonchev–Trinajstić information content (AvgIpc) is 2.42. The van der Waals surface area contributed by atoms with Crippen LogP contribution in [0.5, 0.6) is 0 Å². The fourth-order valence-corrected chi connectivity index (χ4v) is 2.30. The molecule has 6 nitrogen and oxygen atoms in total. The van der Waals surface area contributed by atoms with Crippen LogP contribution in [0, 0.1) is 0 Å². The monoisotopic (exact) mass is 319 g/mol. The zero-order valence-electron chi connectivity index (χ0n) is 11.5. The average molecular weight is 319 g/mol. The third kappa shape index (κ3) is 4.23. The number of H-pyrrole nitrogens is 1. The fourth-order valence-electron chi connectivity index (χ4n) is 2.30. The number of carbonyl (C=O) groups is 1. The van der Waals surface area contributed by atoms with Gasteiger partial charge in [0, 0.05) is 12.2 Å². The molecule has 4 N–H and O–H groups in total. The second kappa shape index (κ2) is 6.39. The number of nitrogens with one attached hydrogen (secondary N) is 3. The van der Waals surface area contributed by atoms with Crippen LogP contribution >= 0.6 is 0 Å². The predicted octanol–water partition coefficient (Wildman–Crippen LogP) is 1.82. The Kier molecular flexibility index (Phi) is 4.74. The molecule has 1 aliphatic rings. The fraction of sp³-hybridized carbons (Fsp3) is 0.538. The van der Waals surface area contributed by atoms with Gasteiger partial charge in [-0.3, -0.25) is 4.79 Å². The standard InChI is InChI=1S/C13H16F3N3O3/c14-13(15,16)7-5-10(11(21)17-6-7)19-12(22)18-8-1-3-9(20)4-2-8/h5-6,8-9,20H,1-4H2,(H,17,21)(H2,18,19,22). The van der Waals surface area contributed by atoms with Crippen molar-refractivity contribution in [2.75, 3.05) is 5.32 Å². The van der Waals surface area contributed by atoms with Crippen molar-refractivity contribution in [3.05, 3.63) is 28.2 Å². The maximum atomic E-state index is 12.6. The van der Waals surface area contributed by atoms with Crippen molar-refractivity contribution < 1.29 is 23.1 Å². The van der Waals surface area contributed by atoms with Gasteiger partial charge in [-0.05, 0) is 31.7 Å². The zero-order valence-corrected chi connectivity index (χ0v) is 11.5. The molecule has 0 aromatic carbocycles. The number of halogens is 3. The van der Waals surface area contributed by atoms with Crippen molar-refractivity contribution in [1.29, 1.82) is 0 Å². The highest BCUT2D eigenvalue weighted by molar-refractivity contribution is 5.89. The highest BCUT2D eigenvalue weighted by Crippen LogP contribution is 2.29. The summed E-state index contributed by atoms with van der Waals surface area (Å²) in [5.41, 5.74) is -2.34. The number of hydrogen-bond acceptors (Lipinski definition) is 3. The minimum atomic E-state index is -4.61. The molecule has 1 heterocycles. The Morgan fingerprint density at radius 1 is 1.27 bits per heavy atom. The molecule has 1 fully saturated rings. The van der Waals surface area contributed by atoms with E-state index < -0.39 is 29.0 Å². The third-order valence-corrected chi connectivity index (χ3v) is 3.51. The first-order valence-electron chi connectivity index (χ1n) is 6.81. The van der Waals surface area contributed by atoms with E-state index in [4.69, 9.17) is 0 Å². The van der Waals surface area contributed by atoms with Crippen LogP contribution < -0.4 is 16.2 Å². The lowest BCUT2D eigenvalue weighted by atomic mass is 9.93. The van der Waals surface area contributed by atoms with Gasteiger partial charge in [0.15, 0.2) is 0 Å². The predicted molar refractivity (Wildman–Crippen MR) is 72.5 cm³/mol. The van der Waals surface area contributed by atoms with E-state index >= 15 is 0 Å². The molecule has 2 amide bonds. The Balaban J connectivity index is 2.01. The number of alkyl halides is 3. The highest BCUT2D eigenvalue weighted by Gasteiger charge is 2.31. The molecule has 0 saturated heterocycles. The van der Waals surface area contributed by atoms with Crippen molar-refractivity contribution in [2.45, 2.75) is 44.0 Å². The van der Waals surface area contributed by atoms with Gasteiger partial charge in [-0.1, -0.05) is 0 Å². The lowest BCUT2D eigenvalue weighted by molar-refractivity contribution is -0.137. The molecule has 1 aromatic rings. The van der Waals surface area contributed by atoms with Gasteiger partial charge in [0.2, 0.25) is 0 Å². The van der Waals surface area contributed by atoms with E-state index in [1.54, 1.807) is 0 Å². The number of rotatable bonds is 2. The van der Waals surface area contributed by atoms with Crippen LogP contribution in [0.2, 0.25) is 0 Å². The Hall–Kier alpha value is -2.03. The van der Waals surface area contributed by atoms with Crippen molar-refractivity contribution in [1.82, 2.24) is 10.3 Å². The molecule has 0 unspecified atom stereocenters. The number of aromatic amines is 1. The van der Waals surface area contributed by atoms with Crippen LogP contribution in [0.25, 0.3) is 0 Å². The van der Waals surface area contributed by atoms with E-state index in [1.165, 1.54) is 0 Å². The minimum absolute atomic E-state index is 0.173. The van der Waals surface area contributed by atoms with Gasteiger partial charge in [-0.25, -0.2) is 4.79 Å². The van der Waals surface area contributed by atoms with Gasteiger partial charge in [-0.15, -0.1) is 0 Å². The van der Waals surface area contributed by atoms with E-state index in [0.29, 0.717) is 37.9 Å². The van der Waals surface area contributed by atoms with Gasteiger partial charge in [0.05, 0.1) is 11.7 Å². The summed E-state index contributed by atoms with van der Waals surface area (Å²) in [5, 5.41) is 14.1. The first-order valence-corrected chi connectivity index (χ1v) is 6.81. The Morgan fingerprint density at radius 3 is 2.50 bits per heavy atom. The van der Waals surface area contributed by atoms with E-state index in [9.17, 15) is 27.9 Å². The van der Waals surface area contributed by atoms with Gasteiger partial charge in [-0.2, -0.15) is 13.2 Å². The third-order valence-electron chi connectivity index (χ3n) is 3.51. The molecule has 1 saturated carbocycles. The Bertz CT molecular complexity index is 592. The molecule has 0 aliphatic heterocycles. The molecule has 2 rings (SSSR count). The van der Waals surface area contributed by atoms with Gasteiger partial charge >= 0.3 is 12.2 Å². The lowest BCUT2D eigenvalue weighted by Gasteiger charge is -2.26. The van der Waals surface area contributed by atoms with E-state index in [1.807, 2.05) is 4.98 Å². The molecular weight excluding hydrogens is 303 g/mol. The molecule has 0 atom stereocenters. The summed E-state index contributed by atoms with van der Waals surface area (Å²) in [6.45, 7) is 0. The topological polar surface area (TPSA) is 94.2 Å².